The summed E-state index contributed by atoms with van der Waals surface area (Å²) in [6, 6.07) is 9.14. The fourth-order valence-corrected chi connectivity index (χ4v) is 3.01. The van der Waals surface area contributed by atoms with Gasteiger partial charge in [0.25, 0.3) is 5.91 Å². The third kappa shape index (κ3) is 2.43. The minimum absolute atomic E-state index is 0.0119. The van der Waals surface area contributed by atoms with Gasteiger partial charge in [0.15, 0.2) is 0 Å². The molecular formula is C17H24N2O2. The molecule has 1 heterocycles. The van der Waals surface area contributed by atoms with Gasteiger partial charge in [-0.2, -0.15) is 0 Å². The van der Waals surface area contributed by atoms with Gasteiger partial charge < -0.3 is 10.2 Å². The Morgan fingerprint density at radius 3 is 2.38 bits per heavy atom. The van der Waals surface area contributed by atoms with Crippen LogP contribution in [0.15, 0.2) is 30.3 Å². The highest BCUT2D eigenvalue weighted by atomic mass is 16.2. The van der Waals surface area contributed by atoms with Gasteiger partial charge in [-0.1, -0.05) is 44.2 Å². The zero-order valence-electron chi connectivity index (χ0n) is 13.2. The van der Waals surface area contributed by atoms with E-state index < -0.39 is 11.6 Å². The van der Waals surface area contributed by atoms with Crippen molar-refractivity contribution in [2.24, 2.45) is 0 Å². The van der Waals surface area contributed by atoms with Crippen molar-refractivity contribution in [1.29, 1.82) is 0 Å². The van der Waals surface area contributed by atoms with Crippen LogP contribution in [0.25, 0.3) is 0 Å². The highest BCUT2D eigenvalue weighted by Gasteiger charge is 2.51. The maximum Gasteiger partial charge on any atom is 0.251 e. The summed E-state index contributed by atoms with van der Waals surface area (Å²) in [4.78, 5) is 27.3. The van der Waals surface area contributed by atoms with Crippen LogP contribution >= 0.6 is 0 Å². The number of carbonyl (C=O) groups excluding carboxylic acids is 2. The van der Waals surface area contributed by atoms with Gasteiger partial charge in [-0.05, 0) is 32.3 Å². The summed E-state index contributed by atoms with van der Waals surface area (Å²) in [6.07, 6.45) is 1.43. The molecule has 1 aromatic rings. The number of hydrogen-bond acceptors (Lipinski definition) is 2. The van der Waals surface area contributed by atoms with Gasteiger partial charge in [0, 0.05) is 6.04 Å². The van der Waals surface area contributed by atoms with E-state index in [0.717, 1.165) is 12.0 Å². The summed E-state index contributed by atoms with van der Waals surface area (Å²) in [5.41, 5.74) is -0.0925. The molecule has 0 saturated carbocycles. The Morgan fingerprint density at radius 1 is 1.24 bits per heavy atom. The molecule has 0 aromatic heterocycles. The van der Waals surface area contributed by atoms with Gasteiger partial charge in [-0.15, -0.1) is 0 Å². The number of amides is 2. The predicted octanol–water partition coefficient (Wildman–Crippen LogP) is 2.44. The molecule has 1 N–H and O–H groups in total. The Hall–Kier alpha value is -1.84. The number of piperazine rings is 1. The molecule has 1 aliphatic rings. The van der Waals surface area contributed by atoms with Crippen molar-refractivity contribution in [3.8, 4) is 0 Å². The van der Waals surface area contributed by atoms with E-state index in [2.05, 4.69) is 5.32 Å². The lowest BCUT2D eigenvalue weighted by molar-refractivity contribution is -0.160. The monoisotopic (exact) mass is 288 g/mol. The zero-order chi connectivity index (χ0) is 15.6. The molecule has 1 aromatic carbocycles. The van der Waals surface area contributed by atoms with E-state index in [9.17, 15) is 9.59 Å². The van der Waals surface area contributed by atoms with Crippen molar-refractivity contribution in [2.45, 2.75) is 58.2 Å². The first-order valence-electron chi connectivity index (χ1n) is 7.66. The maximum atomic E-state index is 12.8. The standard InChI is InChI=1S/C17H24N2O2/c1-5-12(3)19-15(20)14(6-2)18-16(21)17(19,4)13-10-8-7-9-11-13/h7-12,14H,5-6H2,1-4H3,(H,18,21). The summed E-state index contributed by atoms with van der Waals surface area (Å²) < 4.78 is 0. The van der Waals surface area contributed by atoms with Crippen LogP contribution in [0.2, 0.25) is 0 Å². The summed E-state index contributed by atoms with van der Waals surface area (Å²) in [7, 11) is 0. The Balaban J connectivity index is 2.55. The van der Waals surface area contributed by atoms with Gasteiger partial charge in [0.05, 0.1) is 0 Å². The molecule has 0 aliphatic carbocycles. The van der Waals surface area contributed by atoms with Gasteiger partial charge in [-0.25, -0.2) is 0 Å². The molecule has 3 unspecified atom stereocenters. The minimum atomic E-state index is -0.945. The Bertz CT molecular complexity index is 529. The number of nitrogens with zero attached hydrogens (tertiary/aromatic N) is 1. The van der Waals surface area contributed by atoms with Crippen molar-refractivity contribution >= 4 is 11.8 Å². The lowest BCUT2D eigenvalue weighted by Gasteiger charge is -2.49. The summed E-state index contributed by atoms with van der Waals surface area (Å²) >= 11 is 0. The van der Waals surface area contributed by atoms with Crippen LogP contribution in [0.5, 0.6) is 0 Å². The fourth-order valence-electron chi connectivity index (χ4n) is 3.01. The number of nitrogens with one attached hydrogen (secondary N) is 1. The number of rotatable bonds is 4. The Labute approximate surface area is 126 Å². The van der Waals surface area contributed by atoms with Crippen LogP contribution in [0.3, 0.4) is 0 Å². The molecule has 2 amide bonds. The second-order valence-electron chi connectivity index (χ2n) is 5.84. The lowest BCUT2D eigenvalue weighted by atomic mass is 9.84. The molecule has 21 heavy (non-hydrogen) atoms. The van der Waals surface area contributed by atoms with Crippen LogP contribution in [0.4, 0.5) is 0 Å². The van der Waals surface area contributed by atoms with E-state index in [1.807, 2.05) is 58.0 Å². The molecule has 0 radical (unpaired) electrons. The summed E-state index contributed by atoms with van der Waals surface area (Å²) in [5.74, 6) is -0.0850. The van der Waals surface area contributed by atoms with E-state index >= 15 is 0 Å². The molecule has 1 aliphatic heterocycles. The second-order valence-corrected chi connectivity index (χ2v) is 5.84. The van der Waals surface area contributed by atoms with Crippen LogP contribution in [-0.2, 0) is 15.1 Å². The van der Waals surface area contributed by atoms with E-state index in [1.54, 1.807) is 4.90 Å². The maximum absolute atomic E-state index is 12.8. The molecule has 2 rings (SSSR count). The van der Waals surface area contributed by atoms with Crippen LogP contribution in [-0.4, -0.2) is 28.8 Å². The summed E-state index contributed by atoms with van der Waals surface area (Å²) in [6.45, 7) is 7.80. The van der Waals surface area contributed by atoms with Crippen LogP contribution in [0.1, 0.15) is 46.1 Å². The molecule has 0 spiro atoms. The van der Waals surface area contributed by atoms with Crippen molar-refractivity contribution in [3.05, 3.63) is 35.9 Å². The predicted molar refractivity (Wildman–Crippen MR) is 82.6 cm³/mol. The van der Waals surface area contributed by atoms with Gasteiger partial charge in [0.1, 0.15) is 11.6 Å². The zero-order valence-corrected chi connectivity index (χ0v) is 13.2. The van der Waals surface area contributed by atoms with Crippen molar-refractivity contribution in [2.75, 3.05) is 0 Å². The van der Waals surface area contributed by atoms with Crippen LogP contribution in [0, 0.1) is 0 Å². The fraction of sp³-hybridized carbons (Fsp3) is 0.529. The highest BCUT2D eigenvalue weighted by Crippen LogP contribution is 2.35. The molecule has 1 saturated heterocycles. The molecular weight excluding hydrogens is 264 g/mol. The number of benzene rings is 1. The third-order valence-corrected chi connectivity index (χ3v) is 4.54. The first kappa shape index (κ1) is 15.5. The Morgan fingerprint density at radius 2 is 1.86 bits per heavy atom. The van der Waals surface area contributed by atoms with E-state index in [4.69, 9.17) is 0 Å². The van der Waals surface area contributed by atoms with Crippen molar-refractivity contribution < 1.29 is 9.59 Å². The molecule has 3 atom stereocenters. The minimum Gasteiger partial charge on any atom is -0.342 e. The van der Waals surface area contributed by atoms with Crippen molar-refractivity contribution in [1.82, 2.24) is 10.2 Å². The Kier molecular flexibility index (Phi) is 4.35. The topological polar surface area (TPSA) is 49.4 Å². The third-order valence-electron chi connectivity index (χ3n) is 4.54. The average molecular weight is 288 g/mol. The van der Waals surface area contributed by atoms with Gasteiger partial charge >= 0.3 is 0 Å². The first-order chi connectivity index (χ1) is 9.96. The summed E-state index contributed by atoms with van der Waals surface area (Å²) in [5, 5.41) is 2.88. The second kappa shape index (κ2) is 5.88. The molecule has 0 bridgehead atoms. The normalized spacial score (nSPS) is 27.4. The SMILES string of the molecule is CCC1NC(=O)C(C)(c2ccccc2)N(C(C)CC)C1=O. The number of hydrogen-bond donors (Lipinski definition) is 1. The smallest absolute Gasteiger partial charge is 0.251 e. The van der Waals surface area contributed by atoms with E-state index in [-0.39, 0.29) is 17.9 Å². The van der Waals surface area contributed by atoms with Gasteiger partial charge in [0.2, 0.25) is 5.91 Å². The van der Waals surface area contributed by atoms with Gasteiger partial charge in [-0.3, -0.25) is 9.59 Å². The molecule has 114 valence electrons. The van der Waals surface area contributed by atoms with Crippen LogP contribution < -0.4 is 5.32 Å². The van der Waals surface area contributed by atoms with E-state index in [0.29, 0.717) is 6.42 Å². The average Bonchev–Trinajstić information content (AvgIpc) is 2.51. The first-order valence-corrected chi connectivity index (χ1v) is 7.66. The van der Waals surface area contributed by atoms with Crippen molar-refractivity contribution in [3.63, 3.8) is 0 Å². The van der Waals surface area contributed by atoms with E-state index in [1.165, 1.54) is 0 Å². The number of carbonyl (C=O) groups is 2. The molecule has 1 fully saturated rings. The lowest BCUT2D eigenvalue weighted by Crippen LogP contribution is -2.69. The highest BCUT2D eigenvalue weighted by molar-refractivity contribution is 6.00. The quantitative estimate of drug-likeness (QED) is 0.925. The molecule has 4 nitrogen and oxygen atoms in total. The molecule has 4 heteroatoms. The largest absolute Gasteiger partial charge is 0.342 e.